The van der Waals surface area contributed by atoms with Gasteiger partial charge in [0.25, 0.3) is 0 Å². The van der Waals surface area contributed by atoms with Gasteiger partial charge in [-0.1, -0.05) is 0 Å². The Morgan fingerprint density at radius 3 is 2.55 bits per heavy atom. The Kier molecular flexibility index (Phi) is 6.49. The monoisotopic (exact) mass is 279 g/mol. The van der Waals surface area contributed by atoms with Gasteiger partial charge < -0.3 is 15.3 Å². The number of aliphatic carboxylic acids is 1. The van der Waals surface area contributed by atoms with E-state index in [2.05, 4.69) is 10.3 Å². The molecule has 0 aromatic carbocycles. The molecule has 1 rings (SSSR count). The largest absolute Gasteiger partial charge is 0.481 e. The van der Waals surface area contributed by atoms with E-state index in [1.54, 1.807) is 17.3 Å². The first-order valence-electron chi connectivity index (χ1n) is 6.66. The van der Waals surface area contributed by atoms with Crippen LogP contribution < -0.4 is 5.32 Å². The minimum Gasteiger partial charge on any atom is -0.481 e. The number of carbonyl (C=O) groups is 2. The van der Waals surface area contributed by atoms with E-state index >= 15 is 0 Å². The van der Waals surface area contributed by atoms with Crippen LogP contribution in [0.3, 0.4) is 0 Å². The van der Waals surface area contributed by atoms with Crippen molar-refractivity contribution in [2.24, 2.45) is 0 Å². The van der Waals surface area contributed by atoms with E-state index in [4.69, 9.17) is 5.11 Å². The molecule has 0 aliphatic heterocycles. The molecule has 6 heteroatoms. The summed E-state index contributed by atoms with van der Waals surface area (Å²) < 4.78 is 0. The quantitative estimate of drug-likeness (QED) is 0.798. The molecule has 0 aliphatic rings. The second kappa shape index (κ2) is 8.14. The molecule has 0 atom stereocenters. The van der Waals surface area contributed by atoms with Gasteiger partial charge in [0.15, 0.2) is 0 Å². The molecule has 2 N–H and O–H groups in total. The fourth-order valence-corrected chi connectivity index (χ4v) is 1.77. The molecular weight excluding hydrogens is 258 g/mol. The van der Waals surface area contributed by atoms with Crippen molar-refractivity contribution in [1.29, 1.82) is 0 Å². The van der Waals surface area contributed by atoms with Crippen molar-refractivity contribution in [3.05, 3.63) is 30.1 Å². The number of nitrogens with one attached hydrogen (secondary N) is 1. The highest BCUT2D eigenvalue weighted by atomic mass is 16.4. The van der Waals surface area contributed by atoms with E-state index in [9.17, 15) is 9.59 Å². The molecule has 0 saturated heterocycles. The Bertz CT molecular complexity index is 435. The molecule has 1 aromatic rings. The molecule has 20 heavy (non-hydrogen) atoms. The highest BCUT2D eigenvalue weighted by molar-refractivity contribution is 5.74. The van der Waals surface area contributed by atoms with Gasteiger partial charge in [-0.05, 0) is 38.0 Å². The summed E-state index contributed by atoms with van der Waals surface area (Å²) in [7, 11) is 0. The van der Waals surface area contributed by atoms with Gasteiger partial charge in [0.05, 0.1) is 0 Å². The number of hydrogen-bond acceptors (Lipinski definition) is 3. The third-order valence-electron chi connectivity index (χ3n) is 2.87. The maximum atomic E-state index is 12.1. The smallest absolute Gasteiger partial charge is 0.317 e. The van der Waals surface area contributed by atoms with Crippen molar-refractivity contribution in [2.75, 3.05) is 6.54 Å². The number of carboxylic acid groups (broad SMARTS) is 1. The molecule has 0 radical (unpaired) electrons. The first-order chi connectivity index (χ1) is 9.50. The zero-order chi connectivity index (χ0) is 15.0. The SMILES string of the molecule is CC(C)N(CCCC(=O)O)C(=O)NCc1ccncc1. The van der Waals surface area contributed by atoms with Gasteiger partial charge >= 0.3 is 12.0 Å². The lowest BCUT2D eigenvalue weighted by molar-refractivity contribution is -0.137. The lowest BCUT2D eigenvalue weighted by Gasteiger charge is -2.26. The molecule has 2 amide bonds. The van der Waals surface area contributed by atoms with E-state index in [0.29, 0.717) is 19.5 Å². The second-order valence-corrected chi connectivity index (χ2v) is 4.80. The number of aromatic nitrogens is 1. The summed E-state index contributed by atoms with van der Waals surface area (Å²) in [4.78, 5) is 28.1. The first-order valence-corrected chi connectivity index (χ1v) is 6.66. The number of carbonyl (C=O) groups excluding carboxylic acids is 1. The van der Waals surface area contributed by atoms with Crippen LogP contribution in [0.25, 0.3) is 0 Å². The Hall–Kier alpha value is -2.11. The van der Waals surface area contributed by atoms with Crippen LogP contribution in [-0.2, 0) is 11.3 Å². The topological polar surface area (TPSA) is 82.5 Å². The third-order valence-corrected chi connectivity index (χ3v) is 2.87. The predicted octanol–water partition coefficient (Wildman–Crippen LogP) is 1.87. The van der Waals surface area contributed by atoms with Crippen molar-refractivity contribution in [3.63, 3.8) is 0 Å². The molecule has 0 bridgehead atoms. The second-order valence-electron chi connectivity index (χ2n) is 4.80. The van der Waals surface area contributed by atoms with Crippen LogP contribution in [-0.4, -0.2) is 39.6 Å². The first kappa shape index (κ1) is 15.9. The average Bonchev–Trinajstić information content (AvgIpc) is 2.41. The van der Waals surface area contributed by atoms with E-state index in [1.165, 1.54) is 0 Å². The number of hydrogen-bond donors (Lipinski definition) is 2. The number of pyridine rings is 1. The highest BCUT2D eigenvalue weighted by Gasteiger charge is 2.16. The van der Waals surface area contributed by atoms with Crippen LogP contribution in [0.2, 0.25) is 0 Å². The Labute approximate surface area is 118 Å². The van der Waals surface area contributed by atoms with Gasteiger partial charge in [-0.3, -0.25) is 9.78 Å². The van der Waals surface area contributed by atoms with Gasteiger partial charge in [0, 0.05) is 37.9 Å². The summed E-state index contributed by atoms with van der Waals surface area (Å²) in [5.41, 5.74) is 0.975. The predicted molar refractivity (Wildman–Crippen MR) is 75.2 cm³/mol. The molecule has 0 saturated carbocycles. The Morgan fingerprint density at radius 1 is 1.35 bits per heavy atom. The summed E-state index contributed by atoms with van der Waals surface area (Å²) in [6.07, 6.45) is 3.88. The molecule has 0 spiro atoms. The number of rotatable bonds is 7. The van der Waals surface area contributed by atoms with Gasteiger partial charge in [-0.15, -0.1) is 0 Å². The number of nitrogens with zero attached hydrogens (tertiary/aromatic N) is 2. The van der Waals surface area contributed by atoms with E-state index < -0.39 is 5.97 Å². The molecule has 0 fully saturated rings. The fourth-order valence-electron chi connectivity index (χ4n) is 1.77. The standard InChI is InChI=1S/C14H21N3O3/c1-11(2)17(9-3-4-13(18)19)14(20)16-10-12-5-7-15-8-6-12/h5-8,11H,3-4,9-10H2,1-2H3,(H,16,20)(H,18,19). The summed E-state index contributed by atoms with van der Waals surface area (Å²) in [5, 5.41) is 11.5. The fraction of sp³-hybridized carbons (Fsp3) is 0.500. The van der Waals surface area contributed by atoms with Gasteiger partial charge in [-0.25, -0.2) is 4.79 Å². The van der Waals surface area contributed by atoms with Crippen molar-refractivity contribution in [3.8, 4) is 0 Å². The Morgan fingerprint density at radius 2 is 2.00 bits per heavy atom. The van der Waals surface area contributed by atoms with Crippen LogP contribution in [0, 0.1) is 0 Å². The van der Waals surface area contributed by atoms with Crippen LogP contribution in [0.5, 0.6) is 0 Å². The molecule has 1 heterocycles. The highest BCUT2D eigenvalue weighted by Crippen LogP contribution is 2.04. The van der Waals surface area contributed by atoms with Crippen molar-refractivity contribution in [2.45, 2.75) is 39.3 Å². The van der Waals surface area contributed by atoms with E-state index in [-0.39, 0.29) is 18.5 Å². The normalized spacial score (nSPS) is 10.3. The minimum absolute atomic E-state index is 0.0289. The Balaban J connectivity index is 2.45. The van der Waals surface area contributed by atoms with Crippen molar-refractivity contribution >= 4 is 12.0 Å². The number of carboxylic acids is 1. The average molecular weight is 279 g/mol. The summed E-state index contributed by atoms with van der Waals surface area (Å²) in [6, 6.07) is 3.53. The molecular formula is C14H21N3O3. The summed E-state index contributed by atoms with van der Waals surface area (Å²) in [6.45, 7) is 4.69. The lowest BCUT2D eigenvalue weighted by atomic mass is 10.2. The van der Waals surface area contributed by atoms with Gasteiger partial charge in [0.1, 0.15) is 0 Å². The third kappa shape index (κ3) is 5.69. The van der Waals surface area contributed by atoms with Crippen molar-refractivity contribution in [1.82, 2.24) is 15.2 Å². The van der Waals surface area contributed by atoms with Crippen LogP contribution in [0.1, 0.15) is 32.3 Å². The zero-order valence-electron chi connectivity index (χ0n) is 11.9. The molecule has 0 aliphatic carbocycles. The molecule has 6 nitrogen and oxygen atoms in total. The summed E-state index contributed by atoms with van der Waals surface area (Å²) >= 11 is 0. The van der Waals surface area contributed by atoms with Crippen LogP contribution >= 0.6 is 0 Å². The van der Waals surface area contributed by atoms with Crippen molar-refractivity contribution < 1.29 is 14.7 Å². The van der Waals surface area contributed by atoms with Crippen LogP contribution in [0.15, 0.2) is 24.5 Å². The molecule has 1 aromatic heterocycles. The van der Waals surface area contributed by atoms with Gasteiger partial charge in [0.2, 0.25) is 0 Å². The van der Waals surface area contributed by atoms with Crippen LogP contribution in [0.4, 0.5) is 4.79 Å². The zero-order valence-corrected chi connectivity index (χ0v) is 11.9. The lowest BCUT2D eigenvalue weighted by Crippen LogP contribution is -2.44. The van der Waals surface area contributed by atoms with E-state index in [0.717, 1.165) is 5.56 Å². The number of amides is 2. The molecule has 110 valence electrons. The maximum Gasteiger partial charge on any atom is 0.317 e. The maximum absolute atomic E-state index is 12.1. The molecule has 0 unspecified atom stereocenters. The van der Waals surface area contributed by atoms with E-state index in [1.807, 2.05) is 26.0 Å². The summed E-state index contributed by atoms with van der Waals surface area (Å²) in [5.74, 6) is -0.842. The van der Waals surface area contributed by atoms with Gasteiger partial charge in [-0.2, -0.15) is 0 Å². The number of urea groups is 1. The minimum atomic E-state index is -0.842.